The first-order chi connectivity index (χ1) is 24.9. The summed E-state index contributed by atoms with van der Waals surface area (Å²) < 4.78 is 48.5. The van der Waals surface area contributed by atoms with Gasteiger partial charge in [0.25, 0.3) is 0 Å². The summed E-state index contributed by atoms with van der Waals surface area (Å²) in [5.41, 5.74) is 8.60. The van der Waals surface area contributed by atoms with E-state index >= 15 is 0 Å². The molecule has 0 atom stereocenters. The van der Waals surface area contributed by atoms with Crippen molar-refractivity contribution in [2.75, 3.05) is 0 Å². The molecule has 2 heterocycles. The zero-order valence-electron chi connectivity index (χ0n) is 29.4. The predicted octanol–water partition coefficient (Wildman–Crippen LogP) is 13.1. The van der Waals surface area contributed by atoms with Crippen LogP contribution in [-0.2, 0) is 0 Å². The molecule has 2 heteroatoms. The number of hydrogen-bond donors (Lipinski definition) is 0. The second kappa shape index (κ2) is 9.94. The number of rotatable bonds is 3. The van der Waals surface area contributed by atoms with Crippen LogP contribution in [0.1, 0.15) is 11.0 Å². The zero-order chi connectivity index (χ0) is 34.5. The summed E-state index contributed by atoms with van der Waals surface area (Å²) in [5.74, 6) is 0. The van der Waals surface area contributed by atoms with Crippen LogP contribution in [0.2, 0.25) is 0 Å². The molecule has 0 unspecified atom stereocenters. The van der Waals surface area contributed by atoms with Gasteiger partial charge in [-0.25, -0.2) is 0 Å². The van der Waals surface area contributed by atoms with Crippen LogP contribution < -0.4 is 0 Å². The van der Waals surface area contributed by atoms with E-state index in [0.717, 1.165) is 87.7 Å². The van der Waals surface area contributed by atoms with E-state index in [1.807, 2.05) is 84.9 Å². The van der Waals surface area contributed by atoms with Gasteiger partial charge in [0, 0.05) is 27.1 Å². The highest BCUT2D eigenvalue weighted by Crippen LogP contribution is 2.49. The van der Waals surface area contributed by atoms with E-state index in [0.29, 0.717) is 16.7 Å². The predicted molar refractivity (Wildman–Crippen MR) is 197 cm³/mol. The highest BCUT2D eigenvalue weighted by molar-refractivity contribution is 6.27. The zero-order valence-corrected chi connectivity index (χ0v) is 25.4. The van der Waals surface area contributed by atoms with Gasteiger partial charge in [0.05, 0.1) is 5.48 Å². The van der Waals surface area contributed by atoms with Crippen LogP contribution >= 0.6 is 0 Å². The Balaban J connectivity index is 1.36. The monoisotopic (exact) mass is 604 g/mol. The summed E-state index contributed by atoms with van der Waals surface area (Å²) >= 11 is 0. The lowest BCUT2D eigenvalue weighted by molar-refractivity contribution is 0.668. The Morgan fingerprint density at radius 2 is 0.915 bits per heavy atom. The Morgan fingerprint density at radius 3 is 1.57 bits per heavy atom. The third-order valence-electron chi connectivity index (χ3n) is 9.42. The minimum Gasteiger partial charge on any atom is -0.456 e. The maximum atomic E-state index is 9.05. The van der Waals surface area contributed by atoms with E-state index in [2.05, 4.69) is 42.5 Å². The number of hydrogen-bond acceptors (Lipinski definition) is 2. The molecule has 0 spiro atoms. The van der Waals surface area contributed by atoms with Crippen molar-refractivity contribution in [2.45, 2.75) is 6.92 Å². The Morgan fingerprint density at radius 1 is 0.404 bits per heavy atom. The van der Waals surface area contributed by atoms with Crippen LogP contribution in [0.5, 0.6) is 0 Å². The quantitative estimate of drug-likeness (QED) is 0.188. The second-order valence-electron chi connectivity index (χ2n) is 12.1. The van der Waals surface area contributed by atoms with Gasteiger partial charge in [-0.3, -0.25) is 0 Å². The van der Waals surface area contributed by atoms with E-state index in [1.165, 1.54) is 0 Å². The Hall–Kier alpha value is -6.12. The summed E-state index contributed by atoms with van der Waals surface area (Å²) in [6.07, 6.45) is 0. The topological polar surface area (TPSA) is 26.3 Å². The van der Waals surface area contributed by atoms with Crippen LogP contribution in [0, 0.1) is 6.92 Å². The molecule has 47 heavy (non-hydrogen) atoms. The number of para-hydroxylation sites is 2. The molecule has 0 radical (unpaired) electrons. The van der Waals surface area contributed by atoms with Gasteiger partial charge in [0.15, 0.2) is 0 Å². The number of benzene rings is 8. The van der Waals surface area contributed by atoms with Crippen molar-refractivity contribution in [3.8, 4) is 33.4 Å². The van der Waals surface area contributed by atoms with E-state index in [4.69, 9.17) is 14.3 Å². The van der Waals surface area contributed by atoms with Gasteiger partial charge in [-0.2, -0.15) is 0 Å². The summed E-state index contributed by atoms with van der Waals surface area (Å²) in [6.45, 7) is 1.64. The van der Waals surface area contributed by atoms with Crippen LogP contribution in [-0.4, -0.2) is 0 Å². The van der Waals surface area contributed by atoms with Crippen molar-refractivity contribution in [2.24, 2.45) is 0 Å². The molecule has 2 nitrogen and oxygen atoms in total. The molecular weight excluding hydrogens is 572 g/mol. The van der Waals surface area contributed by atoms with Gasteiger partial charge in [0.1, 0.15) is 22.3 Å². The molecule has 0 aliphatic carbocycles. The molecule has 0 bridgehead atoms. The highest BCUT2D eigenvalue weighted by atomic mass is 16.3. The minimum atomic E-state index is -0.0370. The van der Waals surface area contributed by atoms with E-state index in [-0.39, 0.29) is 24.2 Å². The Kier molecular flexibility index (Phi) is 4.74. The molecule has 10 aromatic rings. The molecule has 0 fully saturated rings. The third kappa shape index (κ3) is 3.79. The van der Waals surface area contributed by atoms with E-state index in [1.54, 1.807) is 6.92 Å². The SMILES string of the molecule is [2H]c1c([2H])c(-c2c3ccccc3c(-c3ccc(-c4cccc5oc6ccccc6c45)c4oc5ccccc5c34)c3ccccc23)c([2H])c([2H])c1C. The van der Waals surface area contributed by atoms with Gasteiger partial charge in [0.2, 0.25) is 0 Å². The van der Waals surface area contributed by atoms with Crippen molar-refractivity contribution >= 4 is 65.4 Å². The summed E-state index contributed by atoms with van der Waals surface area (Å²) in [6, 6.07) is 42.8. The first-order valence-electron chi connectivity index (χ1n) is 17.8. The molecule has 0 saturated heterocycles. The van der Waals surface area contributed by atoms with Crippen molar-refractivity contribution in [1.82, 2.24) is 0 Å². The molecule has 0 amide bonds. The average molecular weight is 605 g/mol. The van der Waals surface area contributed by atoms with Crippen molar-refractivity contribution < 1.29 is 14.3 Å². The van der Waals surface area contributed by atoms with Gasteiger partial charge < -0.3 is 8.83 Å². The number of furan rings is 2. The summed E-state index contributed by atoms with van der Waals surface area (Å²) in [7, 11) is 0. The van der Waals surface area contributed by atoms with Gasteiger partial charge in [-0.1, -0.05) is 133 Å². The maximum absolute atomic E-state index is 9.05. The van der Waals surface area contributed by atoms with Crippen LogP contribution in [0.15, 0.2) is 160 Å². The molecule has 220 valence electrons. The van der Waals surface area contributed by atoms with E-state index < -0.39 is 0 Å². The molecule has 10 rings (SSSR count). The van der Waals surface area contributed by atoms with E-state index in [9.17, 15) is 0 Å². The van der Waals surface area contributed by atoms with Gasteiger partial charge in [-0.05, 0) is 80.6 Å². The number of fused-ring (bicyclic) bond motifs is 8. The minimum absolute atomic E-state index is 0.0224. The first-order valence-corrected chi connectivity index (χ1v) is 15.8. The van der Waals surface area contributed by atoms with Crippen molar-refractivity contribution in [1.29, 1.82) is 0 Å². The van der Waals surface area contributed by atoms with Crippen LogP contribution in [0.25, 0.3) is 98.8 Å². The van der Waals surface area contributed by atoms with Crippen LogP contribution in [0.3, 0.4) is 0 Å². The fraction of sp³-hybridized carbons (Fsp3) is 0.0222. The molecule has 0 aliphatic rings. The molecule has 0 N–H and O–H groups in total. The second-order valence-corrected chi connectivity index (χ2v) is 12.1. The molecule has 0 aliphatic heterocycles. The molecule has 8 aromatic carbocycles. The lowest BCUT2D eigenvalue weighted by Gasteiger charge is -2.19. The smallest absolute Gasteiger partial charge is 0.143 e. The Labute approximate surface area is 276 Å². The van der Waals surface area contributed by atoms with Crippen molar-refractivity contribution in [3.63, 3.8) is 0 Å². The highest BCUT2D eigenvalue weighted by Gasteiger charge is 2.23. The maximum Gasteiger partial charge on any atom is 0.143 e. The fourth-order valence-corrected chi connectivity index (χ4v) is 7.44. The summed E-state index contributed by atoms with van der Waals surface area (Å²) in [5, 5.41) is 7.71. The largest absolute Gasteiger partial charge is 0.456 e. The summed E-state index contributed by atoms with van der Waals surface area (Å²) in [4.78, 5) is 0. The van der Waals surface area contributed by atoms with Crippen LogP contribution in [0.4, 0.5) is 0 Å². The third-order valence-corrected chi connectivity index (χ3v) is 9.42. The molecule has 2 aromatic heterocycles. The fourth-order valence-electron chi connectivity index (χ4n) is 7.44. The normalized spacial score (nSPS) is 13.1. The standard InChI is InChI=1S/C45H28O2/c1-27-21-23-28(24-22-27)41-29-11-2-4-13-31(29)42(32-14-5-3-12-30(32)41)37-26-25-34(45-44(37)36-16-7-9-19-39(36)47-45)33-17-10-20-40-43(33)35-15-6-8-18-38(35)46-40/h2-26H,1H3/i21D,22D,23D,24D. The molecule has 0 saturated carbocycles. The molecular formula is C45H28O2. The lowest BCUT2D eigenvalue weighted by Crippen LogP contribution is -1.92. The van der Waals surface area contributed by atoms with Gasteiger partial charge >= 0.3 is 0 Å². The van der Waals surface area contributed by atoms with Crippen molar-refractivity contribution in [3.05, 3.63) is 157 Å². The average Bonchev–Trinajstić information content (AvgIpc) is 3.75. The van der Waals surface area contributed by atoms with Gasteiger partial charge in [-0.15, -0.1) is 0 Å². The first kappa shape index (κ1) is 22.4. The lowest BCUT2D eigenvalue weighted by atomic mass is 9.84. The Bertz CT molecular complexity index is 3010.